The Morgan fingerprint density at radius 3 is 2.74 bits per heavy atom. The first-order chi connectivity index (χ1) is 18.1. The SMILES string of the molecule is COc1ccc2c3c1OC1C(N(CC(C)C)C(=O)Cc4ccc(Cl)c(Cl)c4)CC[C@@]4(O)[C@@H](C2)N(C)CC[C@]314. The fourth-order valence-corrected chi connectivity index (χ4v) is 8.26. The molecule has 2 bridgehead atoms. The van der Waals surface area contributed by atoms with Gasteiger partial charge in [0.2, 0.25) is 5.91 Å². The third-order valence-electron chi connectivity index (χ3n) is 9.52. The standard InChI is InChI=1S/C30H36Cl2N2O4/c1-17(2)16-34(25(35)14-18-5-7-20(31)21(32)13-18)22-9-10-30(36)24-15-19-6-8-23(37-4)27-26(19)29(30,28(22)38-27)11-12-33(24)3/h5-8,13,17,22,24,28,36H,9-12,14-16H2,1-4H3/t22?,24-,28?,29+,30-/m1/s1. The highest BCUT2D eigenvalue weighted by Crippen LogP contribution is 2.65. The number of halogens is 2. The highest BCUT2D eigenvalue weighted by atomic mass is 35.5. The lowest BCUT2D eigenvalue weighted by Crippen LogP contribution is -2.78. The van der Waals surface area contributed by atoms with Gasteiger partial charge in [-0.2, -0.15) is 0 Å². The number of methoxy groups -OCH3 is 1. The van der Waals surface area contributed by atoms with Crippen molar-refractivity contribution >= 4 is 29.1 Å². The van der Waals surface area contributed by atoms with Crippen LogP contribution in [0.4, 0.5) is 0 Å². The summed E-state index contributed by atoms with van der Waals surface area (Å²) in [6.45, 7) is 5.75. The van der Waals surface area contributed by atoms with Gasteiger partial charge in [0.1, 0.15) is 6.10 Å². The number of aliphatic hydroxyl groups is 1. The summed E-state index contributed by atoms with van der Waals surface area (Å²) in [6, 6.07) is 9.35. The van der Waals surface area contributed by atoms with Crippen LogP contribution in [0.1, 0.15) is 49.8 Å². The van der Waals surface area contributed by atoms with Crippen LogP contribution in [-0.2, 0) is 23.1 Å². The van der Waals surface area contributed by atoms with Crippen molar-refractivity contribution < 1.29 is 19.4 Å². The zero-order valence-corrected chi connectivity index (χ0v) is 24.0. The van der Waals surface area contributed by atoms with E-state index in [9.17, 15) is 9.90 Å². The van der Waals surface area contributed by atoms with Gasteiger partial charge < -0.3 is 24.4 Å². The van der Waals surface area contributed by atoms with Crippen LogP contribution in [0, 0.1) is 5.92 Å². The van der Waals surface area contributed by atoms with Crippen LogP contribution in [0.15, 0.2) is 30.3 Å². The molecule has 2 aromatic rings. The minimum Gasteiger partial charge on any atom is -0.493 e. The van der Waals surface area contributed by atoms with Gasteiger partial charge in [0, 0.05) is 18.2 Å². The molecule has 2 aromatic carbocycles. The first kappa shape index (κ1) is 26.2. The molecule has 6 rings (SSSR count). The smallest absolute Gasteiger partial charge is 0.227 e. The molecule has 0 radical (unpaired) electrons. The van der Waals surface area contributed by atoms with Crippen molar-refractivity contribution in [2.75, 3.05) is 27.2 Å². The number of carbonyl (C=O) groups excluding carboxylic acids is 1. The van der Waals surface area contributed by atoms with Crippen molar-refractivity contribution in [3.8, 4) is 11.5 Å². The molecule has 2 unspecified atom stereocenters. The second-order valence-electron chi connectivity index (χ2n) is 12.0. The Hall–Kier alpha value is -1.99. The van der Waals surface area contributed by atoms with Crippen molar-refractivity contribution in [1.29, 1.82) is 0 Å². The lowest BCUT2D eigenvalue weighted by molar-refractivity contribution is -0.198. The van der Waals surface area contributed by atoms with E-state index in [0.29, 0.717) is 35.2 Å². The molecule has 4 aliphatic rings. The Balaban J connectivity index is 1.43. The topological polar surface area (TPSA) is 62.2 Å². The average molecular weight is 560 g/mol. The fraction of sp³-hybridized carbons (Fsp3) is 0.567. The molecule has 38 heavy (non-hydrogen) atoms. The van der Waals surface area contributed by atoms with E-state index in [-0.39, 0.29) is 36.4 Å². The maximum Gasteiger partial charge on any atom is 0.227 e. The fourth-order valence-electron chi connectivity index (χ4n) is 7.94. The maximum atomic E-state index is 14.0. The van der Waals surface area contributed by atoms with Gasteiger partial charge in [-0.1, -0.05) is 49.2 Å². The van der Waals surface area contributed by atoms with E-state index in [1.807, 2.05) is 17.0 Å². The maximum absolute atomic E-state index is 14.0. The van der Waals surface area contributed by atoms with Gasteiger partial charge in [-0.3, -0.25) is 4.79 Å². The normalized spacial score (nSPS) is 31.1. The summed E-state index contributed by atoms with van der Waals surface area (Å²) in [5, 5.41) is 13.5. The van der Waals surface area contributed by atoms with Crippen LogP contribution in [-0.4, -0.2) is 71.8 Å². The van der Waals surface area contributed by atoms with Crippen molar-refractivity contribution in [2.24, 2.45) is 5.92 Å². The molecule has 1 saturated carbocycles. The second kappa shape index (κ2) is 9.29. The predicted octanol–water partition coefficient (Wildman–Crippen LogP) is 4.88. The Kier molecular flexibility index (Phi) is 6.42. The molecule has 6 nitrogen and oxygen atoms in total. The van der Waals surface area contributed by atoms with E-state index in [2.05, 4.69) is 31.9 Å². The van der Waals surface area contributed by atoms with Crippen molar-refractivity contribution in [1.82, 2.24) is 9.80 Å². The minimum absolute atomic E-state index is 0.0144. The number of likely N-dealkylation sites (N-methyl/N-ethyl adjacent to an activating group) is 1. The second-order valence-corrected chi connectivity index (χ2v) is 12.8. The lowest BCUT2D eigenvalue weighted by atomic mass is 9.48. The predicted molar refractivity (Wildman–Crippen MR) is 149 cm³/mol. The van der Waals surface area contributed by atoms with Crippen LogP contribution in [0.2, 0.25) is 10.0 Å². The van der Waals surface area contributed by atoms with E-state index in [4.69, 9.17) is 32.7 Å². The Morgan fingerprint density at radius 2 is 2.03 bits per heavy atom. The first-order valence-corrected chi connectivity index (χ1v) is 14.4. The number of amides is 1. The molecule has 1 amide bonds. The van der Waals surface area contributed by atoms with Crippen LogP contribution in [0.5, 0.6) is 11.5 Å². The first-order valence-electron chi connectivity index (χ1n) is 13.6. The van der Waals surface area contributed by atoms with Crippen LogP contribution in [0.3, 0.4) is 0 Å². The Morgan fingerprint density at radius 1 is 1.24 bits per heavy atom. The Labute approximate surface area is 234 Å². The quantitative estimate of drug-likeness (QED) is 0.547. The van der Waals surface area contributed by atoms with E-state index in [1.165, 1.54) is 5.56 Å². The lowest BCUT2D eigenvalue weighted by Gasteiger charge is -2.64. The molecule has 5 atom stereocenters. The summed E-state index contributed by atoms with van der Waals surface area (Å²) in [7, 11) is 3.78. The largest absolute Gasteiger partial charge is 0.493 e. The van der Waals surface area contributed by atoms with Crippen molar-refractivity contribution in [3.05, 3.63) is 57.1 Å². The number of rotatable bonds is 6. The molecule has 0 aromatic heterocycles. The van der Waals surface area contributed by atoms with Gasteiger partial charge in [-0.15, -0.1) is 0 Å². The summed E-state index contributed by atoms with van der Waals surface area (Å²) in [5.74, 6) is 1.76. The highest BCUT2D eigenvalue weighted by molar-refractivity contribution is 6.42. The number of nitrogens with zero attached hydrogens (tertiary/aromatic N) is 2. The summed E-state index contributed by atoms with van der Waals surface area (Å²) in [5.41, 5.74) is 1.66. The van der Waals surface area contributed by atoms with Crippen molar-refractivity contribution in [2.45, 2.75) is 75.2 Å². The number of hydrogen-bond donors (Lipinski definition) is 1. The monoisotopic (exact) mass is 558 g/mol. The molecule has 1 saturated heterocycles. The molecule has 2 aliphatic carbocycles. The summed E-state index contributed by atoms with van der Waals surface area (Å²) in [6.07, 6.45) is 2.75. The number of carbonyl (C=O) groups is 1. The molecule has 1 N–H and O–H groups in total. The minimum atomic E-state index is -0.929. The molecule has 2 fully saturated rings. The van der Waals surface area contributed by atoms with Gasteiger partial charge in [0.15, 0.2) is 11.5 Å². The van der Waals surface area contributed by atoms with E-state index in [1.54, 1.807) is 19.2 Å². The third kappa shape index (κ3) is 3.63. The average Bonchev–Trinajstić information content (AvgIpc) is 3.23. The highest BCUT2D eigenvalue weighted by Gasteiger charge is 2.73. The van der Waals surface area contributed by atoms with E-state index in [0.717, 1.165) is 36.3 Å². The van der Waals surface area contributed by atoms with Crippen LogP contribution >= 0.6 is 23.2 Å². The molecule has 2 aliphatic heterocycles. The number of ether oxygens (including phenoxy) is 2. The van der Waals surface area contributed by atoms with Crippen LogP contribution in [0.25, 0.3) is 0 Å². The van der Waals surface area contributed by atoms with Gasteiger partial charge in [-0.05, 0) is 74.5 Å². The van der Waals surface area contributed by atoms with Gasteiger partial charge in [0.25, 0.3) is 0 Å². The number of likely N-dealkylation sites (tertiary alicyclic amines) is 1. The third-order valence-corrected chi connectivity index (χ3v) is 10.3. The van der Waals surface area contributed by atoms with Gasteiger partial charge in [-0.25, -0.2) is 0 Å². The summed E-state index contributed by atoms with van der Waals surface area (Å²) in [4.78, 5) is 18.3. The Bertz CT molecular complexity index is 1290. The zero-order chi connectivity index (χ0) is 27.0. The van der Waals surface area contributed by atoms with E-state index < -0.39 is 11.0 Å². The van der Waals surface area contributed by atoms with Crippen molar-refractivity contribution in [3.63, 3.8) is 0 Å². The molecular formula is C30H36Cl2N2O4. The zero-order valence-electron chi connectivity index (χ0n) is 22.5. The van der Waals surface area contributed by atoms with Crippen LogP contribution < -0.4 is 9.47 Å². The van der Waals surface area contributed by atoms with Gasteiger partial charge in [0.05, 0.1) is 40.6 Å². The molecular weight excluding hydrogens is 523 g/mol. The molecule has 204 valence electrons. The summed E-state index contributed by atoms with van der Waals surface area (Å²) >= 11 is 12.4. The number of piperidine rings is 1. The van der Waals surface area contributed by atoms with E-state index >= 15 is 0 Å². The number of benzene rings is 2. The molecule has 1 spiro atoms. The summed E-state index contributed by atoms with van der Waals surface area (Å²) < 4.78 is 12.6. The number of hydrogen-bond acceptors (Lipinski definition) is 5. The van der Waals surface area contributed by atoms with Gasteiger partial charge >= 0.3 is 0 Å². The molecule has 8 heteroatoms. The molecule has 2 heterocycles.